The van der Waals surface area contributed by atoms with E-state index in [4.69, 9.17) is 16.9 Å². The molecule has 11 heteroatoms. The summed E-state index contributed by atoms with van der Waals surface area (Å²) in [5.41, 5.74) is -0.942. The summed E-state index contributed by atoms with van der Waals surface area (Å²) in [7, 11) is 0. The molecular weight excluding hydrogens is 545 g/mol. The lowest BCUT2D eigenvalue weighted by molar-refractivity contribution is -0.138. The average Bonchev–Trinajstić information content (AvgIpc) is 3.15. The van der Waals surface area contributed by atoms with Gasteiger partial charge >= 0.3 is 6.18 Å². The number of nitrogens with zero attached hydrogens (tertiary/aromatic N) is 4. The summed E-state index contributed by atoms with van der Waals surface area (Å²) < 4.78 is 40.2. The topological polar surface area (TPSA) is 84.7 Å². The molecule has 1 fully saturated rings. The molecule has 0 aliphatic carbocycles. The highest BCUT2D eigenvalue weighted by Gasteiger charge is 2.39. The third-order valence-corrected chi connectivity index (χ3v) is 7.62. The highest BCUT2D eigenvalue weighted by atomic mass is 35.5. The maximum absolute atomic E-state index is 13.4. The molecule has 2 aliphatic rings. The minimum absolute atomic E-state index is 0.0747. The van der Waals surface area contributed by atoms with Gasteiger partial charge in [0.25, 0.3) is 17.7 Å². The normalized spacial score (nSPS) is 16.6. The van der Waals surface area contributed by atoms with Crippen LogP contribution < -0.4 is 4.90 Å². The van der Waals surface area contributed by atoms with Crippen LogP contribution in [0.15, 0.2) is 53.6 Å². The Hall–Kier alpha value is -3.68. The zero-order valence-electron chi connectivity index (χ0n) is 21.9. The lowest BCUT2D eigenvalue weighted by Gasteiger charge is -2.35. The molecule has 40 heavy (non-hydrogen) atoms. The van der Waals surface area contributed by atoms with E-state index < -0.39 is 29.1 Å². The molecule has 2 heterocycles. The summed E-state index contributed by atoms with van der Waals surface area (Å²) in [5, 5.41) is 9.45. The number of rotatable bonds is 8. The highest BCUT2D eigenvalue weighted by molar-refractivity contribution is 6.34. The van der Waals surface area contributed by atoms with Gasteiger partial charge in [0.2, 0.25) is 0 Å². The van der Waals surface area contributed by atoms with Crippen molar-refractivity contribution in [2.24, 2.45) is 0 Å². The third-order valence-electron chi connectivity index (χ3n) is 7.29. The van der Waals surface area contributed by atoms with Crippen molar-refractivity contribution in [2.45, 2.75) is 38.8 Å². The third kappa shape index (κ3) is 6.21. The molecule has 210 valence electrons. The molecule has 0 N–H and O–H groups in total. The number of piperazine rings is 1. The fraction of sp³-hybridized carbons (Fsp3) is 0.379. The Morgan fingerprint density at radius 1 is 1.00 bits per heavy atom. The lowest BCUT2D eigenvalue weighted by Crippen LogP contribution is -2.48. The molecule has 0 bridgehead atoms. The van der Waals surface area contributed by atoms with Gasteiger partial charge < -0.3 is 4.90 Å². The van der Waals surface area contributed by atoms with E-state index in [1.165, 1.54) is 19.1 Å². The monoisotopic (exact) mass is 572 g/mol. The summed E-state index contributed by atoms with van der Waals surface area (Å²) in [6, 6.07) is 11.3. The van der Waals surface area contributed by atoms with Gasteiger partial charge in [-0.2, -0.15) is 18.4 Å². The lowest BCUT2D eigenvalue weighted by atomic mass is 10.0. The summed E-state index contributed by atoms with van der Waals surface area (Å²) >= 11 is 6.16. The molecule has 1 saturated heterocycles. The number of nitriles is 1. The van der Waals surface area contributed by atoms with Crippen LogP contribution in [0.25, 0.3) is 0 Å². The van der Waals surface area contributed by atoms with Gasteiger partial charge in [0, 0.05) is 37.3 Å². The van der Waals surface area contributed by atoms with Crippen molar-refractivity contribution >= 4 is 35.0 Å². The van der Waals surface area contributed by atoms with Crippen molar-refractivity contribution in [3.8, 4) is 6.07 Å². The Labute approximate surface area is 235 Å². The maximum Gasteiger partial charge on any atom is 0.417 e. The van der Waals surface area contributed by atoms with Gasteiger partial charge in [0.1, 0.15) is 0 Å². The van der Waals surface area contributed by atoms with Gasteiger partial charge in [0.15, 0.2) is 0 Å². The van der Waals surface area contributed by atoms with E-state index >= 15 is 0 Å². The number of hydrogen-bond donors (Lipinski definition) is 0. The fourth-order valence-electron chi connectivity index (χ4n) is 5.01. The molecular formula is C29H28ClF3N4O3. The second-order valence-corrected chi connectivity index (χ2v) is 10.2. The quantitative estimate of drug-likeness (QED) is 0.311. The molecule has 2 aliphatic heterocycles. The molecule has 4 rings (SSSR count). The molecule has 0 aromatic heterocycles. The number of imide groups is 1. The zero-order chi connectivity index (χ0) is 29.0. The van der Waals surface area contributed by atoms with E-state index in [1.807, 2.05) is 0 Å². The maximum atomic E-state index is 13.4. The van der Waals surface area contributed by atoms with Gasteiger partial charge in [0.05, 0.1) is 33.5 Å². The number of carbonyl (C=O) groups is 3. The van der Waals surface area contributed by atoms with Crippen LogP contribution in [0, 0.1) is 11.3 Å². The second kappa shape index (κ2) is 12.2. The van der Waals surface area contributed by atoms with Crippen LogP contribution in [0.1, 0.15) is 54.1 Å². The number of halogens is 4. The predicted octanol–water partition coefficient (Wildman–Crippen LogP) is 5.44. The first-order chi connectivity index (χ1) is 19.0. The van der Waals surface area contributed by atoms with E-state index in [2.05, 4.69) is 4.90 Å². The second-order valence-electron chi connectivity index (χ2n) is 9.81. The number of anilines is 1. The Balaban J connectivity index is 1.25. The van der Waals surface area contributed by atoms with Crippen LogP contribution in [-0.2, 0) is 15.8 Å². The number of alkyl halides is 3. The summed E-state index contributed by atoms with van der Waals surface area (Å²) in [6.07, 6.45) is -2.15. The number of benzene rings is 2. The van der Waals surface area contributed by atoms with Crippen molar-refractivity contribution < 1.29 is 27.6 Å². The van der Waals surface area contributed by atoms with Gasteiger partial charge in [-0.3, -0.25) is 19.3 Å². The van der Waals surface area contributed by atoms with Crippen LogP contribution in [0.3, 0.4) is 0 Å². The first-order valence-electron chi connectivity index (χ1n) is 13.0. The van der Waals surface area contributed by atoms with Crippen LogP contribution in [-0.4, -0.2) is 60.2 Å². The molecule has 2 aromatic rings. The van der Waals surface area contributed by atoms with Crippen LogP contribution >= 0.6 is 11.6 Å². The summed E-state index contributed by atoms with van der Waals surface area (Å²) in [4.78, 5) is 43.4. The van der Waals surface area contributed by atoms with Gasteiger partial charge in [-0.15, -0.1) is 0 Å². The Kier molecular flexibility index (Phi) is 8.96. The van der Waals surface area contributed by atoms with Crippen LogP contribution in [0.4, 0.5) is 18.9 Å². The van der Waals surface area contributed by atoms with Crippen molar-refractivity contribution in [1.29, 1.82) is 5.26 Å². The Bertz CT molecular complexity index is 1390. The van der Waals surface area contributed by atoms with Gasteiger partial charge in [-0.25, -0.2) is 4.90 Å². The molecule has 0 atom stereocenters. The first-order valence-corrected chi connectivity index (χ1v) is 13.4. The van der Waals surface area contributed by atoms with Crippen molar-refractivity contribution in [2.75, 3.05) is 37.6 Å². The minimum Gasteiger partial charge on any atom is -0.336 e. The molecule has 0 unspecified atom stereocenters. The molecule has 3 amide bonds. The van der Waals surface area contributed by atoms with Crippen LogP contribution in [0.5, 0.6) is 0 Å². The summed E-state index contributed by atoms with van der Waals surface area (Å²) in [5.74, 6) is -1.35. The smallest absolute Gasteiger partial charge is 0.336 e. The minimum atomic E-state index is -4.80. The Morgan fingerprint density at radius 2 is 1.70 bits per heavy atom. The number of hydrogen-bond acceptors (Lipinski definition) is 5. The summed E-state index contributed by atoms with van der Waals surface area (Å²) in [6.45, 7) is 5.03. The zero-order valence-corrected chi connectivity index (χ0v) is 22.7. The van der Waals surface area contributed by atoms with E-state index in [0.717, 1.165) is 43.4 Å². The number of amides is 3. The molecule has 2 aromatic carbocycles. The van der Waals surface area contributed by atoms with E-state index in [1.54, 1.807) is 29.2 Å². The SMILES string of the molecule is CC1=C(CCCCCN2CCN(C(=O)c3ccccc3Cl)CC2)C(=O)N(c2ccc(C#N)c(C(F)(F)F)c2)C1=O. The standard InChI is InChI=1S/C29H28ClF3N4O3/c1-19-22(28(40)37(26(19)38)21-11-10-20(18-34)24(17-21)29(31,32)33)7-3-2-6-12-35-13-15-36(16-14-35)27(39)23-8-4-5-9-25(23)30/h4-5,8-11,17H,2-3,6-7,12-16H2,1H3. The Morgan fingerprint density at radius 3 is 2.35 bits per heavy atom. The van der Waals surface area contributed by atoms with E-state index in [0.29, 0.717) is 48.2 Å². The number of carbonyl (C=O) groups excluding carboxylic acids is 3. The molecule has 0 saturated carbocycles. The first kappa shape index (κ1) is 29.3. The highest BCUT2D eigenvalue weighted by Crippen LogP contribution is 2.37. The van der Waals surface area contributed by atoms with Crippen molar-refractivity contribution in [1.82, 2.24) is 9.80 Å². The molecule has 0 spiro atoms. The predicted molar refractivity (Wildman–Crippen MR) is 144 cm³/mol. The number of unbranched alkanes of at least 4 members (excludes halogenated alkanes) is 2. The average molecular weight is 573 g/mol. The molecule has 0 radical (unpaired) electrons. The largest absolute Gasteiger partial charge is 0.417 e. The van der Waals surface area contributed by atoms with Crippen molar-refractivity contribution in [3.05, 3.63) is 75.3 Å². The van der Waals surface area contributed by atoms with Gasteiger partial charge in [-0.05, 0) is 63.1 Å². The fourth-order valence-corrected chi connectivity index (χ4v) is 5.23. The van der Waals surface area contributed by atoms with Gasteiger partial charge in [-0.1, -0.05) is 30.2 Å². The van der Waals surface area contributed by atoms with E-state index in [-0.39, 0.29) is 17.2 Å². The van der Waals surface area contributed by atoms with E-state index in [9.17, 15) is 27.6 Å². The molecule has 7 nitrogen and oxygen atoms in total. The van der Waals surface area contributed by atoms with Crippen molar-refractivity contribution in [3.63, 3.8) is 0 Å². The van der Waals surface area contributed by atoms with Crippen LogP contribution in [0.2, 0.25) is 5.02 Å².